The van der Waals surface area contributed by atoms with Gasteiger partial charge in [-0.3, -0.25) is 0 Å². The van der Waals surface area contributed by atoms with Crippen LogP contribution >= 0.6 is 0 Å². The minimum atomic E-state index is 0.170. The quantitative estimate of drug-likeness (QED) is 0.688. The van der Waals surface area contributed by atoms with Gasteiger partial charge in [-0.05, 0) is 17.3 Å². The number of nitrogens with zero attached hydrogens (tertiary/aromatic N) is 3. The summed E-state index contributed by atoms with van der Waals surface area (Å²) in [5, 5.41) is 22.2. The van der Waals surface area contributed by atoms with Crippen LogP contribution in [0.2, 0.25) is 0 Å². The summed E-state index contributed by atoms with van der Waals surface area (Å²) in [6.07, 6.45) is 0. The number of rotatable bonds is 1. The first kappa shape index (κ1) is 9.72. The molecule has 0 bridgehead atoms. The van der Waals surface area contributed by atoms with Gasteiger partial charge in [0, 0.05) is 5.56 Å². The van der Waals surface area contributed by atoms with E-state index in [4.69, 9.17) is 0 Å². The molecule has 4 heteroatoms. The highest BCUT2D eigenvalue weighted by Crippen LogP contribution is 2.30. The van der Waals surface area contributed by atoms with E-state index in [0.29, 0.717) is 16.6 Å². The van der Waals surface area contributed by atoms with Crippen LogP contribution in [0, 0.1) is 0 Å². The first-order valence-electron chi connectivity index (χ1n) is 5.23. The summed E-state index contributed by atoms with van der Waals surface area (Å²) >= 11 is 0. The Morgan fingerprint density at radius 3 is 2.47 bits per heavy atom. The average molecular weight is 223 g/mol. The van der Waals surface area contributed by atoms with Gasteiger partial charge in [0.1, 0.15) is 17.0 Å². The van der Waals surface area contributed by atoms with Crippen molar-refractivity contribution in [3.05, 3.63) is 48.5 Å². The van der Waals surface area contributed by atoms with Crippen LogP contribution in [0.25, 0.3) is 22.2 Å². The summed E-state index contributed by atoms with van der Waals surface area (Å²) in [4.78, 5) is 0. The summed E-state index contributed by atoms with van der Waals surface area (Å²) in [6, 6.07) is 14.8. The van der Waals surface area contributed by atoms with Gasteiger partial charge in [-0.15, -0.1) is 10.2 Å². The highest BCUT2D eigenvalue weighted by molar-refractivity contribution is 5.96. The maximum Gasteiger partial charge on any atom is 0.127 e. The molecule has 0 saturated carbocycles. The van der Waals surface area contributed by atoms with Crippen molar-refractivity contribution in [2.24, 2.45) is 0 Å². The van der Waals surface area contributed by atoms with Crippen LogP contribution in [0.15, 0.2) is 48.5 Å². The molecule has 0 spiro atoms. The highest BCUT2D eigenvalue weighted by atomic mass is 16.3. The second-order valence-corrected chi connectivity index (χ2v) is 3.68. The molecule has 4 nitrogen and oxygen atoms in total. The minimum Gasteiger partial charge on any atom is -0.507 e. The summed E-state index contributed by atoms with van der Waals surface area (Å²) in [5.41, 5.74) is 2.20. The van der Waals surface area contributed by atoms with E-state index >= 15 is 0 Å². The number of aromatic nitrogens is 3. The maximum absolute atomic E-state index is 9.91. The molecule has 0 atom stereocenters. The Balaban J connectivity index is 2.38. The molecule has 0 unspecified atom stereocenters. The van der Waals surface area contributed by atoms with Crippen molar-refractivity contribution in [1.82, 2.24) is 15.4 Å². The monoisotopic (exact) mass is 223 g/mol. The van der Waals surface area contributed by atoms with Gasteiger partial charge in [-0.25, -0.2) is 0 Å². The van der Waals surface area contributed by atoms with Crippen molar-refractivity contribution in [3.8, 4) is 17.0 Å². The summed E-state index contributed by atoms with van der Waals surface area (Å²) in [5.74, 6) is 0.170. The predicted octanol–water partition coefficient (Wildman–Crippen LogP) is 2.40. The molecule has 0 saturated heterocycles. The van der Waals surface area contributed by atoms with Gasteiger partial charge in [-0.1, -0.05) is 36.4 Å². The van der Waals surface area contributed by atoms with E-state index < -0.39 is 0 Å². The fraction of sp³-hybridized carbons (Fsp3) is 0. The van der Waals surface area contributed by atoms with E-state index in [1.165, 1.54) is 0 Å². The molecule has 1 N–H and O–H groups in total. The van der Waals surface area contributed by atoms with Crippen molar-refractivity contribution >= 4 is 10.9 Å². The van der Waals surface area contributed by atoms with Gasteiger partial charge in [0.2, 0.25) is 0 Å². The Morgan fingerprint density at radius 2 is 1.65 bits per heavy atom. The Morgan fingerprint density at radius 1 is 0.824 bits per heavy atom. The van der Waals surface area contributed by atoms with Crippen LogP contribution in [0.1, 0.15) is 0 Å². The molecule has 0 aliphatic rings. The highest BCUT2D eigenvalue weighted by Gasteiger charge is 2.10. The SMILES string of the molecule is Oc1cccc2nnnc(-c3ccccc3)c12. The molecule has 0 fully saturated rings. The molecule has 3 rings (SSSR count). The Bertz CT molecular complexity index is 663. The number of hydrogen-bond donors (Lipinski definition) is 1. The van der Waals surface area contributed by atoms with E-state index in [0.717, 1.165) is 5.56 Å². The van der Waals surface area contributed by atoms with Crippen molar-refractivity contribution in [3.63, 3.8) is 0 Å². The van der Waals surface area contributed by atoms with Crippen LogP contribution in [0.3, 0.4) is 0 Å². The molecular weight excluding hydrogens is 214 g/mol. The van der Waals surface area contributed by atoms with Crippen molar-refractivity contribution in [1.29, 1.82) is 0 Å². The normalized spacial score (nSPS) is 10.6. The molecule has 0 aliphatic heterocycles. The molecule has 82 valence electrons. The Kier molecular flexibility index (Phi) is 2.19. The zero-order valence-electron chi connectivity index (χ0n) is 8.91. The van der Waals surface area contributed by atoms with Gasteiger partial charge in [0.05, 0.1) is 5.39 Å². The average Bonchev–Trinajstić information content (AvgIpc) is 2.39. The molecule has 0 amide bonds. The summed E-state index contributed by atoms with van der Waals surface area (Å²) in [6.45, 7) is 0. The van der Waals surface area contributed by atoms with Crippen LogP contribution in [-0.4, -0.2) is 20.5 Å². The van der Waals surface area contributed by atoms with Crippen molar-refractivity contribution < 1.29 is 5.11 Å². The van der Waals surface area contributed by atoms with Crippen molar-refractivity contribution in [2.45, 2.75) is 0 Å². The molecule has 1 heterocycles. The molecule has 0 aliphatic carbocycles. The first-order chi connectivity index (χ1) is 8.36. The third kappa shape index (κ3) is 1.59. The lowest BCUT2D eigenvalue weighted by atomic mass is 10.1. The van der Waals surface area contributed by atoms with E-state index in [1.54, 1.807) is 18.2 Å². The number of benzene rings is 2. The third-order valence-electron chi connectivity index (χ3n) is 2.60. The molecule has 17 heavy (non-hydrogen) atoms. The van der Waals surface area contributed by atoms with Crippen LogP contribution in [0.5, 0.6) is 5.75 Å². The topological polar surface area (TPSA) is 58.9 Å². The van der Waals surface area contributed by atoms with Gasteiger partial charge in [0.25, 0.3) is 0 Å². The third-order valence-corrected chi connectivity index (χ3v) is 2.60. The number of aromatic hydroxyl groups is 1. The lowest BCUT2D eigenvalue weighted by Crippen LogP contribution is -1.93. The van der Waals surface area contributed by atoms with Crippen molar-refractivity contribution in [2.75, 3.05) is 0 Å². The van der Waals surface area contributed by atoms with Gasteiger partial charge >= 0.3 is 0 Å². The molecule has 2 aromatic carbocycles. The standard InChI is InChI=1S/C13H9N3O/c17-11-8-4-7-10-12(11)13(15-16-14-10)9-5-2-1-3-6-9/h1-8,17H. The largest absolute Gasteiger partial charge is 0.507 e. The summed E-state index contributed by atoms with van der Waals surface area (Å²) < 4.78 is 0. The lowest BCUT2D eigenvalue weighted by molar-refractivity contribution is 0.481. The number of fused-ring (bicyclic) bond motifs is 1. The molecular formula is C13H9N3O. The number of hydrogen-bond acceptors (Lipinski definition) is 4. The van der Waals surface area contributed by atoms with Gasteiger partial charge < -0.3 is 5.11 Å². The summed E-state index contributed by atoms with van der Waals surface area (Å²) in [7, 11) is 0. The van der Waals surface area contributed by atoms with Gasteiger partial charge in [0.15, 0.2) is 0 Å². The maximum atomic E-state index is 9.91. The molecule has 3 aromatic rings. The van der Waals surface area contributed by atoms with E-state index in [1.807, 2.05) is 30.3 Å². The smallest absolute Gasteiger partial charge is 0.127 e. The fourth-order valence-corrected chi connectivity index (χ4v) is 1.82. The van der Waals surface area contributed by atoms with Crippen LogP contribution in [0.4, 0.5) is 0 Å². The Hall–Kier alpha value is -2.49. The van der Waals surface area contributed by atoms with Gasteiger partial charge in [-0.2, -0.15) is 0 Å². The molecule has 0 radical (unpaired) electrons. The van der Waals surface area contributed by atoms with E-state index in [9.17, 15) is 5.11 Å². The zero-order chi connectivity index (χ0) is 11.7. The Labute approximate surface area is 97.6 Å². The zero-order valence-corrected chi connectivity index (χ0v) is 8.91. The lowest BCUT2D eigenvalue weighted by Gasteiger charge is -2.04. The fourth-order valence-electron chi connectivity index (χ4n) is 1.82. The first-order valence-corrected chi connectivity index (χ1v) is 5.23. The second-order valence-electron chi connectivity index (χ2n) is 3.68. The second kappa shape index (κ2) is 3.83. The molecule has 1 aromatic heterocycles. The number of phenols is 1. The van der Waals surface area contributed by atoms with Crippen LogP contribution < -0.4 is 0 Å². The van der Waals surface area contributed by atoms with Crippen LogP contribution in [-0.2, 0) is 0 Å². The predicted molar refractivity (Wildman–Crippen MR) is 64.4 cm³/mol. The number of phenolic OH excluding ortho intramolecular Hbond substituents is 1. The minimum absolute atomic E-state index is 0.170. The van der Waals surface area contributed by atoms with E-state index in [-0.39, 0.29) is 5.75 Å². The van der Waals surface area contributed by atoms with E-state index in [2.05, 4.69) is 15.4 Å².